The van der Waals surface area contributed by atoms with Gasteiger partial charge >= 0.3 is 75.4 Å². The average molecular weight is 184 g/mol. The van der Waals surface area contributed by atoms with E-state index in [2.05, 4.69) is 20.0 Å². The Hall–Kier alpha value is 0.430. The van der Waals surface area contributed by atoms with Gasteiger partial charge in [0.15, 0.2) is 0 Å². The molecule has 0 amide bonds. The van der Waals surface area contributed by atoms with Gasteiger partial charge in [-0.3, -0.25) is 0 Å². The predicted molar refractivity (Wildman–Crippen MR) is 57.7 cm³/mol. The fourth-order valence-corrected chi connectivity index (χ4v) is 10.9. The van der Waals surface area contributed by atoms with Crippen LogP contribution in [0.25, 0.3) is 0 Å². The molecule has 3 fully saturated rings. The van der Waals surface area contributed by atoms with Gasteiger partial charge in [-0.25, -0.2) is 0 Å². The van der Waals surface area contributed by atoms with E-state index in [0.29, 0.717) is 0 Å². The molecule has 0 aromatic carbocycles. The normalized spacial score (nSPS) is 61.4. The molecule has 1 heteroatoms. The molecule has 2 unspecified atom stereocenters. The second-order valence-corrected chi connectivity index (χ2v) is 14.1. The van der Waals surface area contributed by atoms with Gasteiger partial charge in [0.1, 0.15) is 0 Å². The van der Waals surface area contributed by atoms with E-state index in [-0.39, 0.29) is 0 Å². The Balaban J connectivity index is 2.09. The zero-order chi connectivity index (χ0) is 8.59. The molecule has 0 aromatic rings. The molecule has 12 heavy (non-hydrogen) atoms. The third-order valence-electron chi connectivity index (χ3n) is 5.50. The van der Waals surface area contributed by atoms with Crippen molar-refractivity contribution in [2.75, 3.05) is 20.0 Å². The molecule has 0 spiro atoms. The Morgan fingerprint density at radius 3 is 1.42 bits per heavy atom. The van der Waals surface area contributed by atoms with E-state index < -0.39 is 6.60 Å². The number of fused-ring (bicyclic) bond motifs is 5. The molecule has 0 radical (unpaired) electrons. The molecule has 2 heterocycles. The Morgan fingerprint density at radius 1 is 0.750 bits per heavy atom. The molecule has 1 aliphatic carbocycles. The second kappa shape index (κ2) is 1.78. The Bertz CT molecular complexity index is 213. The van der Waals surface area contributed by atoms with Gasteiger partial charge in [0, 0.05) is 0 Å². The fourth-order valence-electron chi connectivity index (χ4n) is 4.82. The standard InChI is InChI=1S/C11H21P/c1-12(2,3)10-6-7-11(12)9-5-4-8(9)10/h8-11H,4-7H2,1-3H3/t8?,9?,10-,11+. The van der Waals surface area contributed by atoms with Crippen molar-refractivity contribution in [3.63, 3.8) is 0 Å². The first-order valence-corrected chi connectivity index (χ1v) is 9.21. The van der Waals surface area contributed by atoms with Crippen LogP contribution in [0.3, 0.4) is 0 Å². The van der Waals surface area contributed by atoms with Crippen molar-refractivity contribution in [2.24, 2.45) is 11.8 Å². The van der Waals surface area contributed by atoms with Gasteiger partial charge in [0.2, 0.25) is 0 Å². The van der Waals surface area contributed by atoms with Crippen molar-refractivity contribution >= 4 is 6.60 Å². The molecule has 2 saturated heterocycles. The molecule has 4 atom stereocenters. The number of hydrogen-bond donors (Lipinski definition) is 0. The fraction of sp³-hybridized carbons (Fsp3) is 1.00. The molecular weight excluding hydrogens is 163 g/mol. The third kappa shape index (κ3) is 0.628. The van der Waals surface area contributed by atoms with Crippen molar-refractivity contribution < 1.29 is 0 Å². The number of rotatable bonds is 0. The molecule has 3 aliphatic rings. The van der Waals surface area contributed by atoms with Gasteiger partial charge in [-0.05, 0) is 0 Å². The average Bonchev–Trinajstić information content (AvgIpc) is 2.12. The summed E-state index contributed by atoms with van der Waals surface area (Å²) < 4.78 is 0. The molecule has 3 rings (SSSR count). The van der Waals surface area contributed by atoms with Crippen LogP contribution >= 0.6 is 6.60 Å². The summed E-state index contributed by atoms with van der Waals surface area (Å²) in [4.78, 5) is 0. The summed E-state index contributed by atoms with van der Waals surface area (Å²) in [5.74, 6) is 2.39. The molecule has 0 aromatic heterocycles. The molecule has 0 N–H and O–H groups in total. The topological polar surface area (TPSA) is 0 Å². The molecule has 0 nitrogen and oxygen atoms in total. The monoisotopic (exact) mass is 184 g/mol. The minimum absolute atomic E-state index is 1.17. The summed E-state index contributed by atoms with van der Waals surface area (Å²) in [5, 5.41) is 0. The van der Waals surface area contributed by atoms with E-state index in [1.54, 1.807) is 25.7 Å². The second-order valence-electron chi connectivity index (χ2n) is 6.66. The van der Waals surface area contributed by atoms with Crippen molar-refractivity contribution in [2.45, 2.75) is 37.0 Å². The summed E-state index contributed by atoms with van der Waals surface area (Å²) in [6.07, 6.45) is 6.35. The Morgan fingerprint density at radius 2 is 1.17 bits per heavy atom. The van der Waals surface area contributed by atoms with Crippen LogP contribution in [0.1, 0.15) is 25.7 Å². The van der Waals surface area contributed by atoms with E-state index in [9.17, 15) is 0 Å². The van der Waals surface area contributed by atoms with Crippen molar-refractivity contribution in [3.05, 3.63) is 0 Å². The van der Waals surface area contributed by atoms with E-state index in [1.165, 1.54) is 23.2 Å². The van der Waals surface area contributed by atoms with Crippen LogP contribution in [0, 0.1) is 11.8 Å². The molecule has 2 aliphatic heterocycles. The first-order chi connectivity index (χ1) is 5.49. The van der Waals surface area contributed by atoms with Crippen LogP contribution in [-0.4, -0.2) is 31.3 Å². The minimum atomic E-state index is -1.17. The van der Waals surface area contributed by atoms with Gasteiger partial charge < -0.3 is 0 Å². The van der Waals surface area contributed by atoms with Crippen LogP contribution in [0.15, 0.2) is 0 Å². The Kier molecular flexibility index (Phi) is 1.16. The quantitative estimate of drug-likeness (QED) is 0.508. The predicted octanol–water partition coefficient (Wildman–Crippen LogP) is 3.00. The van der Waals surface area contributed by atoms with E-state index in [4.69, 9.17) is 0 Å². The summed E-state index contributed by atoms with van der Waals surface area (Å²) in [7, 11) is 0. The third-order valence-corrected chi connectivity index (χ3v) is 11.5. The molecule has 1 saturated carbocycles. The van der Waals surface area contributed by atoms with Crippen LogP contribution in [0.4, 0.5) is 0 Å². The van der Waals surface area contributed by atoms with Gasteiger partial charge in [-0.15, -0.1) is 0 Å². The van der Waals surface area contributed by atoms with Gasteiger partial charge in [0.05, 0.1) is 0 Å². The van der Waals surface area contributed by atoms with Gasteiger partial charge in [-0.1, -0.05) is 0 Å². The van der Waals surface area contributed by atoms with E-state index in [1.807, 2.05) is 0 Å². The van der Waals surface area contributed by atoms with Crippen molar-refractivity contribution in [1.82, 2.24) is 0 Å². The number of hydrogen-bond acceptors (Lipinski definition) is 0. The zero-order valence-electron chi connectivity index (χ0n) is 8.59. The molecular formula is C11H21P. The summed E-state index contributed by atoms with van der Waals surface area (Å²) >= 11 is 0. The van der Waals surface area contributed by atoms with Crippen LogP contribution in [0.5, 0.6) is 0 Å². The molecule has 70 valence electrons. The maximum atomic E-state index is 2.67. The van der Waals surface area contributed by atoms with Gasteiger partial charge in [0.25, 0.3) is 0 Å². The summed E-state index contributed by atoms with van der Waals surface area (Å²) in [6.45, 7) is 6.85. The summed E-state index contributed by atoms with van der Waals surface area (Å²) in [5.41, 5.74) is 2.39. The zero-order valence-corrected chi connectivity index (χ0v) is 9.48. The van der Waals surface area contributed by atoms with Crippen LogP contribution in [-0.2, 0) is 0 Å². The van der Waals surface area contributed by atoms with Crippen LogP contribution in [0.2, 0.25) is 0 Å². The SMILES string of the molecule is CP1(C)(C)[C@@H]2CC[C@H]1C1CCC12. The summed E-state index contributed by atoms with van der Waals surface area (Å²) in [6, 6.07) is 0. The van der Waals surface area contributed by atoms with E-state index in [0.717, 1.165) is 0 Å². The van der Waals surface area contributed by atoms with Gasteiger partial charge in [-0.2, -0.15) is 0 Å². The van der Waals surface area contributed by atoms with E-state index >= 15 is 0 Å². The van der Waals surface area contributed by atoms with Crippen LogP contribution < -0.4 is 0 Å². The molecule has 2 bridgehead atoms. The Labute approximate surface area is 76.0 Å². The van der Waals surface area contributed by atoms with Crippen molar-refractivity contribution in [1.29, 1.82) is 0 Å². The first-order valence-electron chi connectivity index (χ1n) is 5.49. The van der Waals surface area contributed by atoms with Crippen molar-refractivity contribution in [3.8, 4) is 0 Å². The first kappa shape index (κ1) is 7.80. The maximum absolute atomic E-state index is 2.67.